The van der Waals surface area contributed by atoms with Crippen molar-refractivity contribution < 1.29 is 13.5 Å². The summed E-state index contributed by atoms with van der Waals surface area (Å²) in [6.45, 7) is 6.11. The largest absolute Gasteiger partial charge is 0.361 e. The molecule has 3 fully saturated rings. The molecule has 2 atom stereocenters. The van der Waals surface area contributed by atoms with E-state index >= 15 is 0 Å². The molecule has 0 spiro atoms. The number of halogens is 2. The Hall–Kier alpha value is -0.440. The third-order valence-corrected chi connectivity index (χ3v) is 7.26. The van der Waals surface area contributed by atoms with E-state index in [2.05, 4.69) is 13.5 Å². The van der Waals surface area contributed by atoms with Crippen LogP contribution in [0.5, 0.6) is 0 Å². The summed E-state index contributed by atoms with van der Waals surface area (Å²) in [6, 6.07) is 0. The van der Waals surface area contributed by atoms with Crippen LogP contribution in [0.25, 0.3) is 0 Å². The van der Waals surface area contributed by atoms with Gasteiger partial charge in [0.15, 0.2) is 0 Å². The van der Waals surface area contributed by atoms with Crippen molar-refractivity contribution >= 4 is 0 Å². The molecule has 0 unspecified atom stereocenters. The number of hydrogen-bond acceptors (Lipinski definition) is 1. The number of allylic oxidation sites excluding steroid dienone is 1. The first kappa shape index (κ1) is 19.3. The SMILES string of the molecule is C=C[C@H]1CC[C@H]([C@H]2[C@H](C3CCC(CCCCC)CC3)OC2(F)F)CC1. The van der Waals surface area contributed by atoms with Gasteiger partial charge >= 0.3 is 6.11 Å². The van der Waals surface area contributed by atoms with E-state index in [1.807, 2.05) is 6.08 Å². The quantitative estimate of drug-likeness (QED) is 0.354. The molecule has 2 aliphatic carbocycles. The Morgan fingerprint density at radius 3 is 2.16 bits per heavy atom. The van der Waals surface area contributed by atoms with Crippen LogP contribution in [-0.2, 0) is 4.74 Å². The van der Waals surface area contributed by atoms with E-state index in [-0.39, 0.29) is 12.0 Å². The van der Waals surface area contributed by atoms with Crippen molar-refractivity contribution in [1.82, 2.24) is 0 Å². The zero-order valence-corrected chi connectivity index (χ0v) is 15.9. The van der Waals surface area contributed by atoms with Gasteiger partial charge in [0, 0.05) is 0 Å². The molecule has 3 aliphatic rings. The van der Waals surface area contributed by atoms with Crippen LogP contribution >= 0.6 is 0 Å². The molecule has 0 radical (unpaired) electrons. The van der Waals surface area contributed by atoms with Crippen molar-refractivity contribution in [3.8, 4) is 0 Å². The van der Waals surface area contributed by atoms with E-state index in [9.17, 15) is 8.78 Å². The molecule has 1 saturated heterocycles. The predicted molar refractivity (Wildman–Crippen MR) is 98.5 cm³/mol. The fraction of sp³-hybridized carbons (Fsp3) is 0.909. The van der Waals surface area contributed by atoms with E-state index in [1.54, 1.807) is 0 Å². The second kappa shape index (κ2) is 8.50. The van der Waals surface area contributed by atoms with Crippen LogP contribution in [0.3, 0.4) is 0 Å². The van der Waals surface area contributed by atoms with Crippen molar-refractivity contribution in [3.05, 3.63) is 12.7 Å². The van der Waals surface area contributed by atoms with Crippen molar-refractivity contribution in [2.24, 2.45) is 29.6 Å². The summed E-state index contributed by atoms with van der Waals surface area (Å²) in [6.07, 6.45) is 12.7. The highest BCUT2D eigenvalue weighted by atomic mass is 19.3. The fourth-order valence-electron chi connectivity index (χ4n) is 5.61. The summed E-state index contributed by atoms with van der Waals surface area (Å²) in [5, 5.41) is 0. The molecule has 1 heterocycles. The summed E-state index contributed by atoms with van der Waals surface area (Å²) in [5.74, 6) is 1.34. The van der Waals surface area contributed by atoms with Crippen LogP contribution in [0.1, 0.15) is 84.0 Å². The summed E-state index contributed by atoms with van der Waals surface area (Å²) < 4.78 is 33.6. The second-order valence-corrected chi connectivity index (χ2v) is 8.86. The van der Waals surface area contributed by atoms with Crippen molar-refractivity contribution in [1.29, 1.82) is 0 Å². The zero-order chi connectivity index (χ0) is 17.9. The van der Waals surface area contributed by atoms with E-state index < -0.39 is 12.0 Å². The van der Waals surface area contributed by atoms with Crippen LogP contribution in [0.2, 0.25) is 0 Å². The molecular weight excluding hydrogens is 318 g/mol. The Balaban J connectivity index is 1.50. The van der Waals surface area contributed by atoms with Crippen LogP contribution in [-0.4, -0.2) is 12.2 Å². The van der Waals surface area contributed by atoms with Crippen LogP contribution in [0, 0.1) is 29.6 Å². The molecule has 0 N–H and O–H groups in total. The lowest BCUT2D eigenvalue weighted by molar-refractivity contribution is -0.418. The van der Waals surface area contributed by atoms with Crippen molar-refractivity contribution in [2.45, 2.75) is 96.2 Å². The molecule has 0 aromatic rings. The molecule has 3 heteroatoms. The Kier molecular flexibility index (Phi) is 6.57. The first-order chi connectivity index (χ1) is 12.0. The molecule has 2 saturated carbocycles. The number of hydrogen-bond donors (Lipinski definition) is 0. The third kappa shape index (κ3) is 4.46. The van der Waals surface area contributed by atoms with Gasteiger partial charge in [-0.15, -0.1) is 6.58 Å². The Morgan fingerprint density at radius 1 is 0.960 bits per heavy atom. The van der Waals surface area contributed by atoms with Gasteiger partial charge < -0.3 is 4.74 Å². The van der Waals surface area contributed by atoms with Crippen LogP contribution < -0.4 is 0 Å². The minimum atomic E-state index is -2.88. The highest BCUT2D eigenvalue weighted by molar-refractivity contribution is 4.99. The maximum atomic E-state index is 14.2. The van der Waals surface area contributed by atoms with Gasteiger partial charge in [-0.2, -0.15) is 8.78 Å². The maximum Gasteiger partial charge on any atom is 0.361 e. The lowest BCUT2D eigenvalue weighted by Gasteiger charge is -2.53. The summed E-state index contributed by atoms with van der Waals surface area (Å²) in [4.78, 5) is 0. The van der Waals surface area contributed by atoms with E-state index in [4.69, 9.17) is 4.74 Å². The standard InChI is InChI=1S/C22H36F2O/c1-3-5-6-7-17-10-14-19(15-11-17)21-20(22(23,24)25-21)18-12-8-16(4-2)9-13-18/h4,16-21H,2-3,5-15H2,1H3/t16-,17?,18-,19?,20-,21-/m0/s1. The lowest BCUT2D eigenvalue weighted by atomic mass is 9.66. The van der Waals surface area contributed by atoms with Gasteiger partial charge in [-0.1, -0.05) is 51.5 Å². The molecule has 1 nitrogen and oxygen atoms in total. The number of ether oxygens (including phenoxy) is 1. The highest BCUT2D eigenvalue weighted by Crippen LogP contribution is 2.55. The van der Waals surface area contributed by atoms with E-state index in [0.717, 1.165) is 44.4 Å². The Labute approximate surface area is 152 Å². The number of rotatable bonds is 7. The third-order valence-electron chi connectivity index (χ3n) is 7.26. The van der Waals surface area contributed by atoms with Crippen LogP contribution in [0.4, 0.5) is 8.78 Å². The molecule has 3 rings (SSSR count). The molecule has 1 aliphatic heterocycles. The Bertz CT molecular complexity index is 420. The maximum absolute atomic E-state index is 14.2. The van der Waals surface area contributed by atoms with Gasteiger partial charge in [-0.3, -0.25) is 0 Å². The predicted octanol–water partition coefficient (Wildman–Crippen LogP) is 6.97. The van der Waals surface area contributed by atoms with Crippen molar-refractivity contribution in [2.75, 3.05) is 0 Å². The minimum Gasteiger partial charge on any atom is -0.316 e. The Morgan fingerprint density at radius 2 is 1.60 bits per heavy atom. The van der Waals surface area contributed by atoms with Gasteiger partial charge in [0.05, 0.1) is 12.0 Å². The molecule has 0 bridgehead atoms. The van der Waals surface area contributed by atoms with Crippen LogP contribution in [0.15, 0.2) is 12.7 Å². The monoisotopic (exact) mass is 354 g/mol. The van der Waals surface area contributed by atoms with Gasteiger partial charge in [0.2, 0.25) is 0 Å². The molecule has 0 amide bonds. The highest BCUT2D eigenvalue weighted by Gasteiger charge is 2.62. The van der Waals surface area contributed by atoms with Gasteiger partial charge in [0.1, 0.15) is 0 Å². The number of unbranched alkanes of at least 4 members (excludes halogenated alkanes) is 2. The van der Waals surface area contributed by atoms with E-state index in [0.29, 0.717) is 11.8 Å². The summed E-state index contributed by atoms with van der Waals surface area (Å²) >= 11 is 0. The smallest absolute Gasteiger partial charge is 0.316 e. The van der Waals surface area contributed by atoms with Gasteiger partial charge in [0.25, 0.3) is 0 Å². The average molecular weight is 355 g/mol. The van der Waals surface area contributed by atoms with Crippen molar-refractivity contribution in [3.63, 3.8) is 0 Å². The lowest BCUT2D eigenvalue weighted by Crippen LogP contribution is -2.61. The average Bonchev–Trinajstić information content (AvgIpc) is 2.61. The normalized spacial score (nSPS) is 41.1. The van der Waals surface area contributed by atoms with E-state index in [1.165, 1.54) is 38.5 Å². The summed E-state index contributed by atoms with van der Waals surface area (Å²) in [5.41, 5.74) is 0. The topological polar surface area (TPSA) is 9.23 Å². The minimum absolute atomic E-state index is 0.146. The molecule has 0 aromatic heterocycles. The second-order valence-electron chi connectivity index (χ2n) is 8.86. The zero-order valence-electron chi connectivity index (χ0n) is 15.9. The summed E-state index contributed by atoms with van der Waals surface area (Å²) in [7, 11) is 0. The van der Waals surface area contributed by atoms with Gasteiger partial charge in [-0.25, -0.2) is 0 Å². The first-order valence-corrected chi connectivity index (χ1v) is 10.7. The number of alkyl halides is 2. The van der Waals surface area contributed by atoms with Gasteiger partial charge in [-0.05, 0) is 62.2 Å². The molecule has 0 aromatic carbocycles. The molecule has 25 heavy (non-hydrogen) atoms. The fourth-order valence-corrected chi connectivity index (χ4v) is 5.61. The molecular formula is C22H36F2O. The molecule has 144 valence electrons. The first-order valence-electron chi connectivity index (χ1n) is 10.7.